The van der Waals surface area contributed by atoms with Crippen LogP contribution in [0, 0.1) is 17.6 Å². The molecule has 0 saturated carbocycles. The van der Waals surface area contributed by atoms with Gasteiger partial charge in [0.25, 0.3) is 0 Å². The van der Waals surface area contributed by atoms with Gasteiger partial charge in [-0.05, 0) is 31.9 Å². The SMILES string of the molecule is CCC(CCO)CNC(C)c1ccc(F)cc1F. The maximum atomic E-state index is 13.5. The van der Waals surface area contributed by atoms with Crippen LogP contribution in [0.15, 0.2) is 18.2 Å². The fraction of sp³-hybridized carbons (Fsp3) is 0.571. The van der Waals surface area contributed by atoms with E-state index in [0.717, 1.165) is 25.5 Å². The smallest absolute Gasteiger partial charge is 0.130 e. The standard InChI is InChI=1S/C14H21F2NO/c1-3-11(6-7-18)9-17-10(2)13-5-4-12(15)8-14(13)16/h4-5,8,10-11,17-18H,3,6-7,9H2,1-2H3. The molecule has 0 aliphatic heterocycles. The van der Waals surface area contributed by atoms with E-state index in [4.69, 9.17) is 5.11 Å². The topological polar surface area (TPSA) is 32.3 Å². The van der Waals surface area contributed by atoms with E-state index in [1.807, 2.05) is 6.92 Å². The van der Waals surface area contributed by atoms with Crippen LogP contribution in [-0.4, -0.2) is 18.3 Å². The number of hydrogen-bond donors (Lipinski definition) is 2. The predicted molar refractivity (Wildman–Crippen MR) is 68.3 cm³/mol. The summed E-state index contributed by atoms with van der Waals surface area (Å²) in [7, 11) is 0. The lowest BCUT2D eigenvalue weighted by molar-refractivity contribution is 0.249. The van der Waals surface area contributed by atoms with Gasteiger partial charge in [-0.3, -0.25) is 0 Å². The van der Waals surface area contributed by atoms with Gasteiger partial charge in [-0.2, -0.15) is 0 Å². The summed E-state index contributed by atoms with van der Waals surface area (Å²) < 4.78 is 26.3. The van der Waals surface area contributed by atoms with E-state index in [9.17, 15) is 8.78 Å². The Hall–Kier alpha value is -1.00. The summed E-state index contributed by atoms with van der Waals surface area (Å²) in [5.41, 5.74) is 0.468. The molecule has 2 unspecified atom stereocenters. The van der Waals surface area contributed by atoms with Crippen LogP contribution < -0.4 is 5.32 Å². The number of aliphatic hydroxyl groups excluding tert-OH is 1. The monoisotopic (exact) mass is 257 g/mol. The normalized spacial score (nSPS) is 14.5. The first kappa shape index (κ1) is 15.1. The van der Waals surface area contributed by atoms with Crippen molar-refractivity contribution in [3.05, 3.63) is 35.4 Å². The molecule has 18 heavy (non-hydrogen) atoms. The molecular formula is C14H21F2NO. The highest BCUT2D eigenvalue weighted by molar-refractivity contribution is 5.21. The highest BCUT2D eigenvalue weighted by atomic mass is 19.1. The Morgan fingerprint density at radius 3 is 2.61 bits per heavy atom. The third kappa shape index (κ3) is 4.35. The van der Waals surface area contributed by atoms with Gasteiger partial charge in [-0.1, -0.05) is 19.4 Å². The lowest BCUT2D eigenvalue weighted by Gasteiger charge is -2.19. The summed E-state index contributed by atoms with van der Waals surface area (Å²) in [6.45, 7) is 4.79. The van der Waals surface area contributed by atoms with Gasteiger partial charge in [0.1, 0.15) is 11.6 Å². The molecule has 4 heteroatoms. The van der Waals surface area contributed by atoms with Crippen LogP contribution in [0.25, 0.3) is 0 Å². The molecule has 0 aliphatic rings. The Kier molecular flexibility index (Phi) is 6.22. The van der Waals surface area contributed by atoms with Gasteiger partial charge in [0, 0.05) is 24.3 Å². The molecule has 0 aliphatic carbocycles. The average molecular weight is 257 g/mol. The summed E-state index contributed by atoms with van der Waals surface area (Å²) in [5.74, 6) is -0.707. The van der Waals surface area contributed by atoms with Crippen molar-refractivity contribution in [1.82, 2.24) is 5.32 Å². The second kappa shape index (κ2) is 7.44. The van der Waals surface area contributed by atoms with Gasteiger partial charge >= 0.3 is 0 Å². The molecule has 0 fully saturated rings. The van der Waals surface area contributed by atoms with Gasteiger partial charge in [-0.25, -0.2) is 8.78 Å². The minimum Gasteiger partial charge on any atom is -0.396 e. The van der Waals surface area contributed by atoms with Gasteiger partial charge in [0.15, 0.2) is 0 Å². The third-order valence-electron chi connectivity index (χ3n) is 3.26. The quantitative estimate of drug-likeness (QED) is 0.787. The Balaban J connectivity index is 2.56. The molecule has 2 nitrogen and oxygen atoms in total. The summed E-state index contributed by atoms with van der Waals surface area (Å²) >= 11 is 0. The van der Waals surface area contributed by atoms with E-state index in [2.05, 4.69) is 12.2 Å². The van der Waals surface area contributed by atoms with E-state index < -0.39 is 11.6 Å². The van der Waals surface area contributed by atoms with Crippen molar-refractivity contribution in [2.75, 3.05) is 13.2 Å². The number of rotatable bonds is 7. The zero-order valence-corrected chi connectivity index (χ0v) is 10.9. The van der Waals surface area contributed by atoms with E-state index in [-0.39, 0.29) is 12.6 Å². The number of benzene rings is 1. The number of aliphatic hydroxyl groups is 1. The number of nitrogens with one attached hydrogen (secondary N) is 1. The summed E-state index contributed by atoms with van der Waals surface area (Å²) in [6.07, 6.45) is 1.70. The minimum atomic E-state index is -0.560. The largest absolute Gasteiger partial charge is 0.396 e. The van der Waals surface area contributed by atoms with Crippen LogP contribution in [-0.2, 0) is 0 Å². The predicted octanol–water partition coefficient (Wildman–Crippen LogP) is 3.02. The highest BCUT2D eigenvalue weighted by Crippen LogP contribution is 2.18. The lowest BCUT2D eigenvalue weighted by atomic mass is 10.0. The second-order valence-corrected chi connectivity index (χ2v) is 4.58. The van der Waals surface area contributed by atoms with Gasteiger partial charge in [0.05, 0.1) is 0 Å². The first-order valence-electron chi connectivity index (χ1n) is 6.37. The minimum absolute atomic E-state index is 0.166. The zero-order chi connectivity index (χ0) is 13.5. The Morgan fingerprint density at radius 2 is 2.06 bits per heavy atom. The van der Waals surface area contributed by atoms with Crippen molar-refractivity contribution < 1.29 is 13.9 Å². The van der Waals surface area contributed by atoms with E-state index in [1.165, 1.54) is 12.1 Å². The molecule has 1 rings (SSSR count). The van der Waals surface area contributed by atoms with Crippen LogP contribution in [0.2, 0.25) is 0 Å². The first-order chi connectivity index (χ1) is 8.58. The van der Waals surface area contributed by atoms with Crippen LogP contribution in [0.4, 0.5) is 8.78 Å². The van der Waals surface area contributed by atoms with Gasteiger partial charge in [0.2, 0.25) is 0 Å². The highest BCUT2D eigenvalue weighted by Gasteiger charge is 2.13. The van der Waals surface area contributed by atoms with Crippen molar-refractivity contribution in [2.45, 2.75) is 32.7 Å². The molecular weight excluding hydrogens is 236 g/mol. The van der Waals surface area contributed by atoms with Crippen molar-refractivity contribution in [1.29, 1.82) is 0 Å². The number of hydrogen-bond acceptors (Lipinski definition) is 2. The maximum Gasteiger partial charge on any atom is 0.130 e. The lowest BCUT2D eigenvalue weighted by Crippen LogP contribution is -2.26. The van der Waals surface area contributed by atoms with E-state index >= 15 is 0 Å². The van der Waals surface area contributed by atoms with E-state index in [1.54, 1.807) is 0 Å². The van der Waals surface area contributed by atoms with Crippen molar-refractivity contribution in [3.63, 3.8) is 0 Å². The second-order valence-electron chi connectivity index (χ2n) is 4.58. The number of halogens is 2. The van der Waals surface area contributed by atoms with Crippen molar-refractivity contribution in [2.24, 2.45) is 5.92 Å². The van der Waals surface area contributed by atoms with Crippen molar-refractivity contribution >= 4 is 0 Å². The summed E-state index contributed by atoms with van der Waals surface area (Å²) in [4.78, 5) is 0. The fourth-order valence-corrected chi connectivity index (χ4v) is 1.94. The molecule has 0 heterocycles. The molecule has 102 valence electrons. The average Bonchev–Trinajstić information content (AvgIpc) is 2.34. The molecule has 0 amide bonds. The Morgan fingerprint density at radius 1 is 1.33 bits per heavy atom. The molecule has 0 spiro atoms. The molecule has 2 N–H and O–H groups in total. The van der Waals surface area contributed by atoms with Gasteiger partial charge < -0.3 is 10.4 Å². The van der Waals surface area contributed by atoms with E-state index in [0.29, 0.717) is 11.5 Å². The Bertz CT molecular complexity index is 371. The summed E-state index contributed by atoms with van der Waals surface area (Å²) in [6, 6.07) is 3.47. The van der Waals surface area contributed by atoms with Crippen LogP contribution in [0.1, 0.15) is 38.3 Å². The van der Waals surface area contributed by atoms with Crippen LogP contribution in [0.5, 0.6) is 0 Å². The molecule has 2 atom stereocenters. The summed E-state index contributed by atoms with van der Waals surface area (Å²) in [5, 5.41) is 12.1. The first-order valence-corrected chi connectivity index (χ1v) is 6.37. The molecule has 0 radical (unpaired) electrons. The van der Waals surface area contributed by atoms with Crippen LogP contribution in [0.3, 0.4) is 0 Å². The molecule has 0 bridgehead atoms. The Labute approximate surface area is 107 Å². The van der Waals surface area contributed by atoms with Crippen LogP contribution >= 0.6 is 0 Å². The molecule has 1 aromatic rings. The van der Waals surface area contributed by atoms with Gasteiger partial charge in [-0.15, -0.1) is 0 Å². The molecule has 1 aromatic carbocycles. The maximum absolute atomic E-state index is 13.5. The fourth-order valence-electron chi connectivity index (χ4n) is 1.94. The molecule has 0 aromatic heterocycles. The third-order valence-corrected chi connectivity index (χ3v) is 3.26. The zero-order valence-electron chi connectivity index (χ0n) is 10.9. The van der Waals surface area contributed by atoms with Crippen molar-refractivity contribution in [3.8, 4) is 0 Å². The molecule has 0 saturated heterocycles.